The van der Waals surface area contributed by atoms with Crippen LogP contribution in [-0.4, -0.2) is 43.1 Å². The van der Waals surface area contributed by atoms with Crippen LogP contribution in [0, 0.1) is 13.8 Å². The Bertz CT molecular complexity index is 1100. The smallest absolute Gasteiger partial charge is 0.264 e. The van der Waals surface area contributed by atoms with Crippen molar-refractivity contribution < 1.29 is 13.2 Å². The van der Waals surface area contributed by atoms with E-state index in [0.717, 1.165) is 15.7 Å². The van der Waals surface area contributed by atoms with Crippen molar-refractivity contribution in [1.82, 2.24) is 15.3 Å². The molecule has 0 aliphatic heterocycles. The molecule has 1 heterocycles. The minimum Gasteiger partial charge on any atom is -0.354 e. The first-order valence-electron chi connectivity index (χ1n) is 9.71. The average Bonchev–Trinajstić information content (AvgIpc) is 2.75. The van der Waals surface area contributed by atoms with Crippen molar-refractivity contribution in [2.24, 2.45) is 0 Å². The molecule has 1 N–H and O–H groups in total. The van der Waals surface area contributed by atoms with E-state index in [1.54, 1.807) is 48.5 Å². The second kappa shape index (κ2) is 10.4. The van der Waals surface area contributed by atoms with E-state index in [0.29, 0.717) is 23.1 Å². The van der Waals surface area contributed by atoms with Gasteiger partial charge in [0.15, 0.2) is 5.16 Å². The molecule has 0 radical (unpaired) electrons. The van der Waals surface area contributed by atoms with Crippen molar-refractivity contribution in [2.75, 3.05) is 23.1 Å². The highest BCUT2D eigenvalue weighted by molar-refractivity contribution is 7.99. The monoisotopic (exact) mass is 456 g/mol. The molecular weight excluding hydrogens is 432 g/mol. The molecule has 0 fully saturated rings. The maximum atomic E-state index is 13.2. The lowest BCUT2D eigenvalue weighted by molar-refractivity contribution is -0.119. The van der Waals surface area contributed by atoms with Crippen LogP contribution >= 0.6 is 11.8 Å². The topological polar surface area (TPSA) is 92.3 Å². The predicted molar refractivity (Wildman–Crippen MR) is 123 cm³/mol. The molecule has 0 unspecified atom stereocenters. The molecule has 0 atom stereocenters. The van der Waals surface area contributed by atoms with E-state index in [9.17, 15) is 13.2 Å². The molecule has 7 nitrogen and oxygen atoms in total. The van der Waals surface area contributed by atoms with Crippen LogP contribution in [0.1, 0.15) is 11.4 Å². The van der Waals surface area contributed by atoms with E-state index < -0.39 is 10.0 Å². The zero-order chi connectivity index (χ0) is 22.3. The van der Waals surface area contributed by atoms with Gasteiger partial charge in [-0.15, -0.1) is 0 Å². The molecule has 1 aromatic heterocycles. The molecule has 0 aliphatic carbocycles. The van der Waals surface area contributed by atoms with Crippen LogP contribution in [0.2, 0.25) is 0 Å². The van der Waals surface area contributed by atoms with Gasteiger partial charge in [0.25, 0.3) is 10.0 Å². The summed E-state index contributed by atoms with van der Waals surface area (Å²) in [6.07, 6.45) is 0. The number of carbonyl (C=O) groups is 1. The third kappa shape index (κ3) is 6.28. The number of nitrogens with one attached hydrogen (secondary N) is 1. The minimum atomic E-state index is -3.89. The van der Waals surface area contributed by atoms with Crippen LogP contribution < -0.4 is 9.62 Å². The molecule has 0 saturated carbocycles. The number of sulfonamides is 1. The minimum absolute atomic E-state index is 0.133. The molecule has 31 heavy (non-hydrogen) atoms. The predicted octanol–water partition coefficient (Wildman–Crippen LogP) is 3.20. The molecule has 0 saturated heterocycles. The highest BCUT2D eigenvalue weighted by Gasteiger charge is 2.26. The molecule has 0 bridgehead atoms. The highest BCUT2D eigenvalue weighted by Crippen LogP contribution is 2.23. The Balaban J connectivity index is 1.65. The van der Waals surface area contributed by atoms with Gasteiger partial charge >= 0.3 is 0 Å². The van der Waals surface area contributed by atoms with Crippen molar-refractivity contribution >= 4 is 33.4 Å². The Hall–Kier alpha value is -2.91. The van der Waals surface area contributed by atoms with Crippen LogP contribution in [0.3, 0.4) is 0 Å². The van der Waals surface area contributed by atoms with Gasteiger partial charge in [-0.3, -0.25) is 9.10 Å². The van der Waals surface area contributed by atoms with Crippen molar-refractivity contribution in [2.45, 2.75) is 23.9 Å². The summed E-state index contributed by atoms with van der Waals surface area (Å²) in [4.78, 5) is 21.4. The van der Waals surface area contributed by atoms with Crippen LogP contribution in [0.4, 0.5) is 5.69 Å². The first-order valence-corrected chi connectivity index (χ1v) is 12.1. The van der Waals surface area contributed by atoms with Gasteiger partial charge in [-0.1, -0.05) is 48.2 Å². The van der Waals surface area contributed by atoms with Gasteiger partial charge in [-0.25, -0.2) is 18.4 Å². The number of anilines is 1. The van der Waals surface area contributed by atoms with E-state index in [2.05, 4.69) is 15.3 Å². The normalized spacial score (nSPS) is 11.2. The Kier molecular flexibility index (Phi) is 7.64. The number of aromatic nitrogens is 2. The molecule has 2 aromatic carbocycles. The lowest BCUT2D eigenvalue weighted by Crippen LogP contribution is -2.41. The zero-order valence-electron chi connectivity index (χ0n) is 17.4. The lowest BCUT2D eigenvalue weighted by Gasteiger charge is -2.24. The Labute approximate surface area is 187 Å². The van der Waals surface area contributed by atoms with Crippen LogP contribution in [0.25, 0.3) is 0 Å². The maximum absolute atomic E-state index is 13.2. The summed E-state index contributed by atoms with van der Waals surface area (Å²) in [5.41, 5.74) is 2.21. The number of nitrogens with zero attached hydrogens (tertiary/aromatic N) is 3. The number of thioether (sulfide) groups is 1. The van der Waals surface area contributed by atoms with Gasteiger partial charge in [0.05, 0.1) is 10.6 Å². The quantitative estimate of drug-likeness (QED) is 0.302. The van der Waals surface area contributed by atoms with E-state index in [1.807, 2.05) is 19.9 Å². The van der Waals surface area contributed by atoms with Gasteiger partial charge in [0.2, 0.25) is 5.91 Å². The fourth-order valence-corrected chi connectivity index (χ4v) is 5.15. The number of benzene rings is 2. The SMILES string of the molecule is Cc1cc(C)nc(SCCNC(=O)CN(c2ccccc2)S(=O)(=O)c2ccccc2)n1. The summed E-state index contributed by atoms with van der Waals surface area (Å²) >= 11 is 1.44. The summed E-state index contributed by atoms with van der Waals surface area (Å²) in [5.74, 6) is 0.191. The number of rotatable bonds is 9. The summed E-state index contributed by atoms with van der Waals surface area (Å²) in [6.45, 7) is 3.87. The summed E-state index contributed by atoms with van der Waals surface area (Å²) in [5, 5.41) is 3.44. The molecule has 9 heteroatoms. The molecule has 162 valence electrons. The van der Waals surface area contributed by atoms with Gasteiger partial charge in [0.1, 0.15) is 6.54 Å². The summed E-state index contributed by atoms with van der Waals surface area (Å²) in [7, 11) is -3.89. The molecule has 1 amide bonds. The number of hydrogen-bond donors (Lipinski definition) is 1. The first kappa shape index (κ1) is 22.8. The average molecular weight is 457 g/mol. The number of carbonyl (C=O) groups excluding carboxylic acids is 1. The van der Waals surface area contributed by atoms with Gasteiger partial charge < -0.3 is 5.32 Å². The second-order valence-corrected chi connectivity index (χ2v) is 9.72. The summed E-state index contributed by atoms with van der Waals surface area (Å²) < 4.78 is 27.5. The van der Waals surface area contributed by atoms with E-state index in [4.69, 9.17) is 0 Å². The van der Waals surface area contributed by atoms with Crippen LogP contribution in [0.15, 0.2) is 76.8 Å². The molecule has 3 rings (SSSR count). The maximum Gasteiger partial charge on any atom is 0.264 e. The third-order valence-corrected chi connectivity index (χ3v) is 6.92. The van der Waals surface area contributed by atoms with Crippen LogP contribution in [-0.2, 0) is 14.8 Å². The van der Waals surface area contributed by atoms with Crippen molar-refractivity contribution in [3.05, 3.63) is 78.1 Å². The lowest BCUT2D eigenvalue weighted by atomic mass is 10.3. The van der Waals surface area contributed by atoms with Crippen molar-refractivity contribution in [1.29, 1.82) is 0 Å². The highest BCUT2D eigenvalue weighted by atomic mass is 32.2. The third-order valence-electron chi connectivity index (χ3n) is 4.28. The summed E-state index contributed by atoms with van der Waals surface area (Å²) in [6, 6.07) is 18.6. The number of amides is 1. The molecule has 0 aliphatic rings. The fraction of sp³-hybridized carbons (Fsp3) is 0.227. The Morgan fingerprint density at radius 2 is 1.55 bits per heavy atom. The molecule has 3 aromatic rings. The largest absolute Gasteiger partial charge is 0.354 e. The van der Waals surface area contributed by atoms with E-state index in [-0.39, 0.29) is 17.3 Å². The first-order chi connectivity index (χ1) is 14.9. The van der Waals surface area contributed by atoms with Gasteiger partial charge in [-0.2, -0.15) is 0 Å². The second-order valence-electron chi connectivity index (χ2n) is 6.79. The molecular formula is C22H24N4O3S2. The Morgan fingerprint density at radius 1 is 0.968 bits per heavy atom. The fourth-order valence-electron chi connectivity index (χ4n) is 2.91. The van der Waals surface area contributed by atoms with Crippen molar-refractivity contribution in [3.8, 4) is 0 Å². The molecule has 0 spiro atoms. The van der Waals surface area contributed by atoms with Gasteiger partial charge in [-0.05, 0) is 44.2 Å². The van der Waals surface area contributed by atoms with E-state index >= 15 is 0 Å². The number of aryl methyl sites for hydroxylation is 2. The number of hydrogen-bond acceptors (Lipinski definition) is 6. The zero-order valence-corrected chi connectivity index (χ0v) is 19.0. The van der Waals surface area contributed by atoms with Crippen LogP contribution in [0.5, 0.6) is 0 Å². The van der Waals surface area contributed by atoms with Crippen molar-refractivity contribution in [3.63, 3.8) is 0 Å². The van der Waals surface area contributed by atoms with Gasteiger partial charge in [0, 0.05) is 23.7 Å². The van der Waals surface area contributed by atoms with E-state index in [1.165, 1.54) is 23.9 Å². The number of para-hydroxylation sites is 1. The Morgan fingerprint density at radius 3 is 2.16 bits per heavy atom. The standard InChI is InChI=1S/C22H24N4O3S2/c1-17-15-18(2)25-22(24-17)30-14-13-23-21(27)16-26(19-9-5-3-6-10-19)31(28,29)20-11-7-4-8-12-20/h3-12,15H,13-14,16H2,1-2H3,(H,23,27).